The number of likely N-dealkylation sites (N-methyl/N-ethyl adjacent to an activating group) is 1. The lowest BCUT2D eigenvalue weighted by Crippen LogP contribution is -3.09. The van der Waals surface area contributed by atoms with E-state index in [1.54, 1.807) is 18.2 Å². The van der Waals surface area contributed by atoms with Crippen molar-refractivity contribution in [2.24, 2.45) is 0 Å². The highest BCUT2D eigenvalue weighted by atomic mass is 35.5. The molecule has 2 amide bonds. The maximum Gasteiger partial charge on any atom is 0.305 e. The number of carbonyl (C=O) groups excluding carboxylic acids is 2. The molecule has 23 heavy (non-hydrogen) atoms. The molecule has 122 valence electrons. The van der Waals surface area contributed by atoms with Gasteiger partial charge in [0.15, 0.2) is 12.3 Å². The highest BCUT2D eigenvalue weighted by Gasteiger charge is 2.15. The van der Waals surface area contributed by atoms with Crippen molar-refractivity contribution in [2.75, 3.05) is 13.6 Å². The Morgan fingerprint density at radius 3 is 2.65 bits per heavy atom. The minimum atomic E-state index is -0.515. The summed E-state index contributed by atoms with van der Waals surface area (Å²) in [5.74, 6) is -0.726. The molecule has 1 aromatic heterocycles. The normalized spacial score (nSPS) is 11.8. The first kappa shape index (κ1) is 17.3. The first-order chi connectivity index (χ1) is 11.0. The zero-order chi connectivity index (χ0) is 16.8. The molecule has 0 saturated carbocycles. The van der Waals surface area contributed by atoms with E-state index in [4.69, 9.17) is 27.6 Å². The largest absolute Gasteiger partial charge is 0.459 e. The van der Waals surface area contributed by atoms with E-state index >= 15 is 0 Å². The monoisotopic (exact) mass is 356 g/mol. The number of hydrogen-bond donors (Lipinski definition) is 3. The van der Waals surface area contributed by atoms with Gasteiger partial charge in [0.1, 0.15) is 6.54 Å². The van der Waals surface area contributed by atoms with Crippen LogP contribution < -0.4 is 15.8 Å². The Morgan fingerprint density at radius 2 is 1.96 bits per heavy atom. The Bertz CT molecular complexity index is 689. The second kappa shape index (κ2) is 8.01. The first-order valence-corrected chi connectivity index (χ1v) is 7.60. The molecule has 2 aromatic rings. The number of nitrogens with one attached hydrogen (secondary N) is 3. The van der Waals surface area contributed by atoms with Crippen LogP contribution in [0.25, 0.3) is 0 Å². The molecule has 0 aliphatic heterocycles. The van der Waals surface area contributed by atoms with Crippen molar-refractivity contribution in [3.63, 3.8) is 0 Å². The van der Waals surface area contributed by atoms with E-state index < -0.39 is 5.91 Å². The number of hydrogen-bond acceptors (Lipinski definition) is 3. The summed E-state index contributed by atoms with van der Waals surface area (Å²) < 4.78 is 4.92. The van der Waals surface area contributed by atoms with Gasteiger partial charge in [0, 0.05) is 5.56 Å². The lowest BCUT2D eigenvalue weighted by atomic mass is 10.2. The first-order valence-electron chi connectivity index (χ1n) is 6.84. The van der Waals surface area contributed by atoms with Crippen molar-refractivity contribution < 1.29 is 18.9 Å². The highest BCUT2D eigenvalue weighted by molar-refractivity contribution is 6.42. The third-order valence-corrected chi connectivity index (χ3v) is 3.90. The summed E-state index contributed by atoms with van der Waals surface area (Å²) in [5, 5.41) is 0.965. The second-order valence-corrected chi connectivity index (χ2v) is 5.79. The number of benzene rings is 1. The van der Waals surface area contributed by atoms with Crippen molar-refractivity contribution in [2.45, 2.75) is 6.54 Å². The van der Waals surface area contributed by atoms with Crippen molar-refractivity contribution in [3.05, 3.63) is 58.0 Å². The molecule has 6 nitrogen and oxygen atoms in total. The molecule has 0 fully saturated rings. The molecule has 1 atom stereocenters. The van der Waals surface area contributed by atoms with Crippen molar-refractivity contribution in [1.82, 2.24) is 10.9 Å². The summed E-state index contributed by atoms with van der Waals surface area (Å²) in [7, 11) is 1.84. The summed E-state index contributed by atoms with van der Waals surface area (Å²) in [5.41, 5.74) is 5.47. The molecule has 0 bridgehead atoms. The quantitative estimate of drug-likeness (QED) is 0.701. The standard InChI is InChI=1S/C15H15Cl2N3O3/c1-20(8-10-4-2-5-11(16)14(10)17)9-13(21)18-19-15(22)12-6-3-7-23-12/h2-7H,8-9H2,1H3,(H,18,21)(H,19,22)/p+1. The number of amides is 2. The molecule has 0 radical (unpaired) electrons. The molecule has 0 aliphatic rings. The molecular weight excluding hydrogens is 341 g/mol. The molecule has 8 heteroatoms. The number of furan rings is 1. The minimum Gasteiger partial charge on any atom is -0.459 e. The fourth-order valence-electron chi connectivity index (χ4n) is 1.99. The van der Waals surface area contributed by atoms with Crippen LogP contribution in [-0.2, 0) is 11.3 Å². The maximum atomic E-state index is 11.8. The number of halogens is 2. The summed E-state index contributed by atoms with van der Waals surface area (Å²) in [6, 6.07) is 8.46. The minimum absolute atomic E-state index is 0.122. The summed E-state index contributed by atoms with van der Waals surface area (Å²) >= 11 is 12.1. The topological polar surface area (TPSA) is 75.8 Å². The van der Waals surface area contributed by atoms with Crippen LogP contribution in [0.1, 0.15) is 16.1 Å². The number of hydrazine groups is 1. The van der Waals surface area contributed by atoms with E-state index in [2.05, 4.69) is 10.9 Å². The molecule has 0 saturated heterocycles. The van der Waals surface area contributed by atoms with Gasteiger partial charge < -0.3 is 9.32 Å². The number of quaternary nitrogens is 1. The molecule has 1 aromatic carbocycles. The number of rotatable bonds is 5. The third kappa shape index (κ3) is 4.99. The van der Waals surface area contributed by atoms with Gasteiger partial charge in [-0.2, -0.15) is 0 Å². The molecule has 2 rings (SSSR count). The van der Waals surface area contributed by atoms with E-state index in [9.17, 15) is 9.59 Å². The average Bonchev–Trinajstić information content (AvgIpc) is 3.04. The van der Waals surface area contributed by atoms with Crippen molar-refractivity contribution in [1.29, 1.82) is 0 Å². The van der Waals surface area contributed by atoms with Gasteiger partial charge in [-0.3, -0.25) is 20.4 Å². The van der Waals surface area contributed by atoms with Crippen molar-refractivity contribution in [3.8, 4) is 0 Å². The lowest BCUT2D eigenvalue weighted by molar-refractivity contribution is -0.885. The van der Waals surface area contributed by atoms with Gasteiger partial charge >= 0.3 is 5.91 Å². The average molecular weight is 357 g/mol. The lowest BCUT2D eigenvalue weighted by Gasteiger charge is -2.15. The van der Waals surface area contributed by atoms with Crippen LogP contribution in [0.15, 0.2) is 41.0 Å². The van der Waals surface area contributed by atoms with Crippen LogP contribution in [0.2, 0.25) is 10.0 Å². The maximum absolute atomic E-state index is 11.8. The molecular formula is C15H16Cl2N3O3+. The van der Waals surface area contributed by atoms with Gasteiger partial charge in [-0.15, -0.1) is 0 Å². The van der Waals surface area contributed by atoms with E-state index in [-0.39, 0.29) is 18.2 Å². The molecule has 1 unspecified atom stereocenters. The van der Waals surface area contributed by atoms with E-state index in [0.29, 0.717) is 16.6 Å². The zero-order valence-corrected chi connectivity index (χ0v) is 13.9. The van der Waals surface area contributed by atoms with E-state index in [1.807, 2.05) is 13.1 Å². The third-order valence-electron chi connectivity index (χ3n) is 3.05. The second-order valence-electron chi connectivity index (χ2n) is 5.00. The summed E-state index contributed by atoms with van der Waals surface area (Å²) in [6.07, 6.45) is 1.38. The van der Waals surface area contributed by atoms with Gasteiger partial charge in [0.05, 0.1) is 23.4 Å². The Hall–Kier alpha value is -2.02. The Labute approximate surface area is 143 Å². The Morgan fingerprint density at radius 1 is 1.17 bits per heavy atom. The fraction of sp³-hybridized carbons (Fsp3) is 0.200. The van der Waals surface area contributed by atoms with Gasteiger partial charge in [0.25, 0.3) is 5.91 Å². The van der Waals surface area contributed by atoms with Gasteiger partial charge in [-0.25, -0.2) is 0 Å². The molecule has 1 heterocycles. The van der Waals surface area contributed by atoms with Gasteiger partial charge in [-0.1, -0.05) is 35.3 Å². The SMILES string of the molecule is C[NH+](CC(=O)NNC(=O)c1ccco1)Cc1cccc(Cl)c1Cl. The zero-order valence-electron chi connectivity index (χ0n) is 12.4. The van der Waals surface area contributed by atoms with Gasteiger partial charge in [0.2, 0.25) is 0 Å². The fourth-order valence-corrected chi connectivity index (χ4v) is 2.37. The van der Waals surface area contributed by atoms with Crippen LogP contribution in [0.4, 0.5) is 0 Å². The van der Waals surface area contributed by atoms with Crippen LogP contribution >= 0.6 is 23.2 Å². The Kier molecular flexibility index (Phi) is 6.04. The molecule has 3 N–H and O–H groups in total. The van der Waals surface area contributed by atoms with Crippen LogP contribution in [-0.4, -0.2) is 25.4 Å². The molecule has 0 aliphatic carbocycles. The smallest absolute Gasteiger partial charge is 0.305 e. The van der Waals surface area contributed by atoms with E-state index in [1.165, 1.54) is 12.3 Å². The van der Waals surface area contributed by atoms with Crippen LogP contribution in [0.5, 0.6) is 0 Å². The number of carbonyl (C=O) groups is 2. The summed E-state index contributed by atoms with van der Waals surface area (Å²) in [4.78, 5) is 24.3. The summed E-state index contributed by atoms with van der Waals surface area (Å²) in [6.45, 7) is 0.681. The van der Waals surface area contributed by atoms with Gasteiger partial charge in [-0.05, 0) is 18.2 Å². The predicted molar refractivity (Wildman–Crippen MR) is 86.2 cm³/mol. The predicted octanol–water partition coefficient (Wildman–Crippen LogP) is 1.06. The van der Waals surface area contributed by atoms with Crippen LogP contribution in [0.3, 0.4) is 0 Å². The molecule has 0 spiro atoms. The van der Waals surface area contributed by atoms with Crippen LogP contribution in [0, 0.1) is 0 Å². The highest BCUT2D eigenvalue weighted by Crippen LogP contribution is 2.24. The van der Waals surface area contributed by atoms with Crippen molar-refractivity contribution >= 4 is 35.0 Å². The van der Waals surface area contributed by atoms with E-state index in [0.717, 1.165) is 10.5 Å². The Balaban J connectivity index is 1.80.